The van der Waals surface area contributed by atoms with Crippen LogP contribution in [0, 0.1) is 0 Å². The number of benzene rings is 2. The summed E-state index contributed by atoms with van der Waals surface area (Å²) in [5.41, 5.74) is 5.61. The third-order valence-corrected chi connectivity index (χ3v) is 3.68. The molecule has 2 aromatic rings. The van der Waals surface area contributed by atoms with E-state index < -0.39 is 11.8 Å². The molecule has 25 heavy (non-hydrogen) atoms. The van der Waals surface area contributed by atoms with Crippen LogP contribution in [0.1, 0.15) is 22.8 Å². The highest BCUT2D eigenvalue weighted by Crippen LogP contribution is 2.21. The van der Waals surface area contributed by atoms with E-state index in [1.54, 1.807) is 42.5 Å². The van der Waals surface area contributed by atoms with Gasteiger partial charge in [0.1, 0.15) is 5.75 Å². The summed E-state index contributed by atoms with van der Waals surface area (Å²) in [6.07, 6.45) is 2.75. The smallest absolute Gasteiger partial charge is 0.269 e. The summed E-state index contributed by atoms with van der Waals surface area (Å²) in [5, 5.41) is 0.972. The lowest BCUT2D eigenvalue weighted by Crippen LogP contribution is -2.40. The Hall–Kier alpha value is -2.50. The van der Waals surface area contributed by atoms with Crippen LogP contribution in [0.25, 0.3) is 6.08 Å². The van der Waals surface area contributed by atoms with Crippen molar-refractivity contribution < 1.29 is 14.3 Å². The molecule has 2 aromatic carbocycles. The van der Waals surface area contributed by atoms with Crippen LogP contribution in [0.3, 0.4) is 0 Å². The fourth-order valence-electron chi connectivity index (χ4n) is 1.91. The van der Waals surface area contributed by atoms with E-state index in [1.807, 2.05) is 6.92 Å². The Morgan fingerprint density at radius 3 is 2.48 bits per heavy atom. The van der Waals surface area contributed by atoms with Crippen LogP contribution in [-0.4, -0.2) is 18.4 Å². The Morgan fingerprint density at radius 1 is 1.08 bits per heavy atom. The molecule has 0 fully saturated rings. The standard InChI is InChI=1S/C18H16Cl2N2O3/c1-2-25-15-7-3-12(4-8-15)18(24)22-21-17(23)10-5-13-11-14(19)6-9-16(13)20/h3-11H,2H2,1H3,(H,21,23)(H,22,24)/b10-5+. The molecular formula is C18H16Cl2N2O3. The van der Waals surface area contributed by atoms with Crippen molar-refractivity contribution in [3.8, 4) is 5.75 Å². The topological polar surface area (TPSA) is 67.4 Å². The highest BCUT2D eigenvalue weighted by Gasteiger charge is 2.06. The molecule has 2 N–H and O–H groups in total. The number of carbonyl (C=O) groups is 2. The van der Waals surface area contributed by atoms with Crippen LogP contribution in [0.4, 0.5) is 0 Å². The van der Waals surface area contributed by atoms with Crippen molar-refractivity contribution in [3.63, 3.8) is 0 Å². The average Bonchev–Trinajstić information content (AvgIpc) is 2.61. The summed E-state index contributed by atoms with van der Waals surface area (Å²) in [6.45, 7) is 2.42. The van der Waals surface area contributed by atoms with Crippen molar-refractivity contribution in [1.82, 2.24) is 10.9 Å². The minimum Gasteiger partial charge on any atom is -0.494 e. The fourth-order valence-corrected chi connectivity index (χ4v) is 2.27. The van der Waals surface area contributed by atoms with Crippen molar-refractivity contribution in [2.45, 2.75) is 6.92 Å². The zero-order chi connectivity index (χ0) is 18.2. The van der Waals surface area contributed by atoms with E-state index in [9.17, 15) is 9.59 Å². The molecule has 0 aliphatic rings. The average molecular weight is 379 g/mol. The van der Waals surface area contributed by atoms with Crippen LogP contribution in [0.15, 0.2) is 48.5 Å². The lowest BCUT2D eigenvalue weighted by molar-refractivity contribution is -0.117. The lowest BCUT2D eigenvalue weighted by Gasteiger charge is -2.07. The van der Waals surface area contributed by atoms with Gasteiger partial charge in [-0.25, -0.2) is 0 Å². The van der Waals surface area contributed by atoms with Gasteiger partial charge in [0, 0.05) is 21.7 Å². The number of nitrogens with one attached hydrogen (secondary N) is 2. The van der Waals surface area contributed by atoms with Gasteiger partial charge >= 0.3 is 0 Å². The van der Waals surface area contributed by atoms with Gasteiger partial charge in [-0.3, -0.25) is 20.4 Å². The van der Waals surface area contributed by atoms with E-state index in [4.69, 9.17) is 27.9 Å². The first-order valence-corrected chi connectivity index (χ1v) is 8.21. The molecule has 2 amide bonds. The maximum atomic E-state index is 12.0. The zero-order valence-electron chi connectivity index (χ0n) is 13.4. The molecule has 0 saturated heterocycles. The molecule has 0 radical (unpaired) electrons. The fraction of sp³-hybridized carbons (Fsp3) is 0.111. The van der Waals surface area contributed by atoms with Crippen molar-refractivity contribution in [2.24, 2.45) is 0 Å². The summed E-state index contributed by atoms with van der Waals surface area (Å²) >= 11 is 11.9. The first-order valence-electron chi connectivity index (χ1n) is 7.46. The van der Waals surface area contributed by atoms with Gasteiger partial charge in [0.25, 0.3) is 11.8 Å². The summed E-state index contributed by atoms with van der Waals surface area (Å²) in [6, 6.07) is 11.5. The van der Waals surface area contributed by atoms with Crippen molar-refractivity contribution >= 4 is 41.1 Å². The molecule has 0 aromatic heterocycles. The van der Waals surface area contributed by atoms with Crippen molar-refractivity contribution in [1.29, 1.82) is 0 Å². The lowest BCUT2D eigenvalue weighted by atomic mass is 10.2. The van der Waals surface area contributed by atoms with Gasteiger partial charge in [0.2, 0.25) is 0 Å². The Kier molecular flexibility index (Phi) is 6.86. The number of carbonyl (C=O) groups excluding carboxylic acids is 2. The highest BCUT2D eigenvalue weighted by molar-refractivity contribution is 6.34. The molecule has 0 bridgehead atoms. The second-order valence-electron chi connectivity index (χ2n) is 4.90. The minimum absolute atomic E-state index is 0.394. The molecule has 0 heterocycles. The zero-order valence-corrected chi connectivity index (χ0v) is 14.9. The van der Waals surface area contributed by atoms with Gasteiger partial charge < -0.3 is 4.74 Å². The van der Waals surface area contributed by atoms with E-state index in [1.165, 1.54) is 12.2 Å². The van der Waals surface area contributed by atoms with Crippen LogP contribution in [-0.2, 0) is 4.79 Å². The largest absolute Gasteiger partial charge is 0.494 e. The van der Waals surface area contributed by atoms with E-state index in [2.05, 4.69) is 10.9 Å². The number of hydrogen-bond donors (Lipinski definition) is 2. The minimum atomic E-state index is -0.504. The monoisotopic (exact) mass is 378 g/mol. The first-order chi connectivity index (χ1) is 12.0. The Balaban J connectivity index is 1.89. The Bertz CT molecular complexity index is 789. The second-order valence-corrected chi connectivity index (χ2v) is 5.74. The molecule has 0 aliphatic heterocycles. The van der Waals surface area contributed by atoms with E-state index in [0.717, 1.165) is 0 Å². The molecule has 7 heteroatoms. The first kappa shape index (κ1) is 18.8. The third kappa shape index (κ3) is 5.81. The van der Waals surface area contributed by atoms with Crippen LogP contribution in [0.2, 0.25) is 10.0 Å². The quantitative estimate of drug-likeness (QED) is 0.612. The Labute approximate surface area is 155 Å². The molecule has 0 saturated carbocycles. The molecule has 0 spiro atoms. The highest BCUT2D eigenvalue weighted by atomic mass is 35.5. The number of hydrazine groups is 1. The van der Waals surface area contributed by atoms with E-state index >= 15 is 0 Å². The van der Waals surface area contributed by atoms with E-state index in [-0.39, 0.29) is 0 Å². The molecular weight excluding hydrogens is 363 g/mol. The number of halogens is 2. The SMILES string of the molecule is CCOc1ccc(C(=O)NNC(=O)/C=C/c2cc(Cl)ccc2Cl)cc1. The van der Waals surface area contributed by atoms with Crippen LogP contribution >= 0.6 is 23.2 Å². The summed E-state index contributed by atoms with van der Waals surface area (Å²) < 4.78 is 5.30. The van der Waals surface area contributed by atoms with E-state index in [0.29, 0.717) is 33.5 Å². The second kappa shape index (κ2) is 9.11. The van der Waals surface area contributed by atoms with Gasteiger partial charge in [0.05, 0.1) is 6.61 Å². The molecule has 2 rings (SSSR count). The number of rotatable bonds is 5. The number of amides is 2. The van der Waals surface area contributed by atoms with Crippen LogP contribution < -0.4 is 15.6 Å². The molecule has 5 nitrogen and oxygen atoms in total. The summed E-state index contributed by atoms with van der Waals surface area (Å²) in [4.78, 5) is 23.7. The summed E-state index contributed by atoms with van der Waals surface area (Å²) in [7, 11) is 0. The van der Waals surface area contributed by atoms with Gasteiger partial charge in [-0.2, -0.15) is 0 Å². The third-order valence-electron chi connectivity index (χ3n) is 3.10. The Morgan fingerprint density at radius 2 is 1.80 bits per heavy atom. The summed E-state index contributed by atoms with van der Waals surface area (Å²) in [5.74, 6) is -0.273. The normalized spacial score (nSPS) is 10.5. The van der Waals surface area contributed by atoms with Gasteiger partial charge in [-0.05, 0) is 61.0 Å². The van der Waals surface area contributed by atoms with Gasteiger partial charge in [-0.1, -0.05) is 23.2 Å². The van der Waals surface area contributed by atoms with Crippen LogP contribution in [0.5, 0.6) is 5.75 Å². The predicted molar refractivity (Wildman–Crippen MR) is 98.7 cm³/mol. The van der Waals surface area contributed by atoms with Gasteiger partial charge in [-0.15, -0.1) is 0 Å². The van der Waals surface area contributed by atoms with Crippen molar-refractivity contribution in [3.05, 3.63) is 69.7 Å². The predicted octanol–water partition coefficient (Wildman–Crippen LogP) is 3.87. The van der Waals surface area contributed by atoms with Crippen molar-refractivity contribution in [2.75, 3.05) is 6.61 Å². The van der Waals surface area contributed by atoms with Gasteiger partial charge in [0.15, 0.2) is 0 Å². The molecule has 0 aliphatic carbocycles. The maximum Gasteiger partial charge on any atom is 0.269 e. The number of hydrogen-bond acceptors (Lipinski definition) is 3. The maximum absolute atomic E-state index is 12.0. The molecule has 0 unspecified atom stereocenters. The molecule has 0 atom stereocenters. The number of ether oxygens (including phenoxy) is 1. The molecule has 130 valence electrons.